The second-order valence-corrected chi connectivity index (χ2v) is 8.21. The van der Waals surface area contributed by atoms with E-state index in [9.17, 15) is 4.79 Å². The van der Waals surface area contributed by atoms with Gasteiger partial charge in [0.05, 0.1) is 5.57 Å². The van der Waals surface area contributed by atoms with Crippen molar-refractivity contribution in [2.24, 2.45) is 0 Å². The molecule has 4 aromatic rings. The number of aryl methyl sites for hydroxylation is 1. The molecule has 1 aliphatic heterocycles. The number of nitrogens with zero attached hydrogens (tertiary/aromatic N) is 3. The maximum Gasteiger partial charge on any atom is 0.255 e. The van der Waals surface area contributed by atoms with Crippen molar-refractivity contribution in [3.05, 3.63) is 113 Å². The van der Waals surface area contributed by atoms with E-state index in [-0.39, 0.29) is 5.91 Å². The van der Waals surface area contributed by atoms with Crippen LogP contribution in [0.15, 0.2) is 96.5 Å². The van der Waals surface area contributed by atoms with Crippen LogP contribution < -0.4 is 15.4 Å². The topological polar surface area (TPSA) is 81.1 Å². The normalized spacial score (nSPS) is 14.8. The van der Waals surface area contributed by atoms with Gasteiger partial charge in [-0.2, -0.15) is 10.1 Å². The second-order valence-electron chi connectivity index (χ2n) is 8.21. The van der Waals surface area contributed by atoms with Crippen LogP contribution in [0.5, 0.6) is 5.75 Å². The molecule has 2 N–H and O–H groups in total. The summed E-state index contributed by atoms with van der Waals surface area (Å²) in [6, 6.07) is 25.1. The molecule has 0 radical (unpaired) electrons. The fourth-order valence-corrected chi connectivity index (χ4v) is 4.11. The third-order valence-electron chi connectivity index (χ3n) is 5.85. The predicted octanol–water partition coefficient (Wildman–Crippen LogP) is 5.09. The molecule has 2 heterocycles. The Hall–Kier alpha value is -4.39. The van der Waals surface area contributed by atoms with Crippen molar-refractivity contribution in [1.29, 1.82) is 0 Å². The largest absolute Gasteiger partial charge is 0.489 e. The van der Waals surface area contributed by atoms with E-state index in [1.807, 2.05) is 92.7 Å². The molecule has 1 atom stereocenters. The number of aromatic nitrogens is 3. The van der Waals surface area contributed by atoms with E-state index < -0.39 is 6.04 Å². The minimum atomic E-state index is -0.456. The molecule has 0 bridgehead atoms. The maximum absolute atomic E-state index is 13.5. The van der Waals surface area contributed by atoms with Gasteiger partial charge in [-0.3, -0.25) is 4.79 Å². The minimum Gasteiger partial charge on any atom is -0.489 e. The zero-order valence-corrected chi connectivity index (χ0v) is 19.0. The molecule has 34 heavy (non-hydrogen) atoms. The standard InChI is InChI=1S/C27H25N5O2/c1-18-9-6-7-14-23(18)31-26(33)24-19(2)30-27-28-17-29-32(27)25(24)21-12-8-13-22(15-21)34-16-20-10-4-3-5-11-20/h3-15,17,25H,16H2,1-2H3,(H,31,33)(H,28,29,30)/t25-/m0/s1. The summed E-state index contributed by atoms with van der Waals surface area (Å²) < 4.78 is 7.78. The molecule has 0 saturated heterocycles. The first-order valence-corrected chi connectivity index (χ1v) is 11.1. The molecule has 3 aromatic carbocycles. The molecule has 7 heteroatoms. The minimum absolute atomic E-state index is 0.193. The highest BCUT2D eigenvalue weighted by atomic mass is 16.5. The summed E-state index contributed by atoms with van der Waals surface area (Å²) in [6.45, 7) is 4.31. The van der Waals surface area contributed by atoms with E-state index >= 15 is 0 Å². The van der Waals surface area contributed by atoms with Crippen molar-refractivity contribution in [3.8, 4) is 5.75 Å². The third-order valence-corrected chi connectivity index (χ3v) is 5.85. The number of rotatable bonds is 6. The summed E-state index contributed by atoms with van der Waals surface area (Å²) in [6.07, 6.45) is 1.49. The number of para-hydroxylation sites is 1. The Balaban J connectivity index is 1.48. The van der Waals surface area contributed by atoms with Crippen LogP contribution in [0.25, 0.3) is 0 Å². The maximum atomic E-state index is 13.5. The van der Waals surface area contributed by atoms with Crippen LogP contribution in [-0.4, -0.2) is 20.7 Å². The number of allylic oxidation sites excluding steroid dienone is 1. The van der Waals surface area contributed by atoms with E-state index in [4.69, 9.17) is 4.74 Å². The van der Waals surface area contributed by atoms with Gasteiger partial charge in [-0.1, -0.05) is 60.7 Å². The highest BCUT2D eigenvalue weighted by molar-refractivity contribution is 6.06. The predicted molar refractivity (Wildman–Crippen MR) is 132 cm³/mol. The fraction of sp³-hybridized carbons (Fsp3) is 0.148. The molecule has 1 aliphatic rings. The summed E-state index contributed by atoms with van der Waals surface area (Å²) in [4.78, 5) is 17.9. The van der Waals surface area contributed by atoms with Gasteiger partial charge in [0.15, 0.2) is 0 Å². The van der Waals surface area contributed by atoms with Crippen LogP contribution in [0.2, 0.25) is 0 Å². The number of hydrogen-bond donors (Lipinski definition) is 2. The van der Waals surface area contributed by atoms with Crippen LogP contribution in [-0.2, 0) is 11.4 Å². The van der Waals surface area contributed by atoms with Crippen LogP contribution in [0, 0.1) is 6.92 Å². The summed E-state index contributed by atoms with van der Waals surface area (Å²) in [7, 11) is 0. The Kier molecular flexibility index (Phi) is 5.82. The van der Waals surface area contributed by atoms with Gasteiger partial charge in [-0.25, -0.2) is 4.68 Å². The number of carbonyl (C=O) groups is 1. The number of amides is 1. The van der Waals surface area contributed by atoms with Crippen LogP contribution in [0.1, 0.15) is 29.7 Å². The van der Waals surface area contributed by atoms with E-state index in [0.717, 1.165) is 33.8 Å². The molecule has 0 fully saturated rings. The summed E-state index contributed by atoms with van der Waals surface area (Å²) in [5.41, 5.74) is 5.03. The van der Waals surface area contributed by atoms with Crippen LogP contribution >= 0.6 is 0 Å². The van der Waals surface area contributed by atoms with E-state index in [0.29, 0.717) is 18.1 Å². The molecule has 1 amide bonds. The summed E-state index contributed by atoms with van der Waals surface area (Å²) in [5, 5.41) is 10.7. The molecule has 5 rings (SSSR count). The summed E-state index contributed by atoms with van der Waals surface area (Å²) >= 11 is 0. The zero-order valence-electron chi connectivity index (χ0n) is 19.0. The third kappa shape index (κ3) is 4.28. The van der Waals surface area contributed by atoms with Crippen molar-refractivity contribution in [2.45, 2.75) is 26.5 Å². The fourth-order valence-electron chi connectivity index (χ4n) is 4.11. The lowest BCUT2D eigenvalue weighted by atomic mass is 9.94. The average molecular weight is 452 g/mol. The molecular formula is C27H25N5O2. The quantitative estimate of drug-likeness (QED) is 0.427. The number of nitrogens with one attached hydrogen (secondary N) is 2. The van der Waals surface area contributed by atoms with Crippen molar-refractivity contribution in [3.63, 3.8) is 0 Å². The van der Waals surface area contributed by atoms with Gasteiger partial charge >= 0.3 is 0 Å². The van der Waals surface area contributed by atoms with Gasteiger partial charge in [-0.15, -0.1) is 0 Å². The summed E-state index contributed by atoms with van der Waals surface area (Å²) in [5.74, 6) is 1.12. The molecule has 1 aromatic heterocycles. The van der Waals surface area contributed by atoms with E-state index in [2.05, 4.69) is 20.7 Å². The molecular weight excluding hydrogens is 426 g/mol. The van der Waals surface area contributed by atoms with Crippen molar-refractivity contribution < 1.29 is 9.53 Å². The Morgan fingerprint density at radius 2 is 1.82 bits per heavy atom. The molecule has 0 unspecified atom stereocenters. The lowest BCUT2D eigenvalue weighted by Crippen LogP contribution is -2.31. The first-order valence-electron chi connectivity index (χ1n) is 11.1. The molecule has 0 aliphatic carbocycles. The zero-order chi connectivity index (χ0) is 23.5. The molecule has 0 spiro atoms. The lowest BCUT2D eigenvalue weighted by molar-refractivity contribution is -0.113. The Morgan fingerprint density at radius 1 is 1.03 bits per heavy atom. The van der Waals surface area contributed by atoms with Crippen molar-refractivity contribution >= 4 is 17.5 Å². The molecule has 7 nitrogen and oxygen atoms in total. The smallest absolute Gasteiger partial charge is 0.255 e. The highest BCUT2D eigenvalue weighted by Crippen LogP contribution is 2.36. The van der Waals surface area contributed by atoms with E-state index in [1.54, 1.807) is 4.68 Å². The Morgan fingerprint density at radius 3 is 2.65 bits per heavy atom. The number of carbonyl (C=O) groups excluding carboxylic acids is 1. The average Bonchev–Trinajstić information content (AvgIpc) is 3.32. The van der Waals surface area contributed by atoms with Gasteiger partial charge in [0.2, 0.25) is 5.95 Å². The van der Waals surface area contributed by atoms with Gasteiger partial charge in [0.1, 0.15) is 24.7 Å². The Bertz CT molecular complexity index is 1360. The number of ether oxygens (including phenoxy) is 1. The number of benzene rings is 3. The van der Waals surface area contributed by atoms with Crippen LogP contribution in [0.3, 0.4) is 0 Å². The number of hydrogen-bond acceptors (Lipinski definition) is 5. The first kappa shape index (κ1) is 21.5. The molecule has 0 saturated carbocycles. The lowest BCUT2D eigenvalue weighted by Gasteiger charge is -2.29. The SMILES string of the molecule is CC1=C(C(=O)Nc2ccccc2C)[C@H](c2cccc(OCc3ccccc3)c2)n2ncnc2N1. The second kappa shape index (κ2) is 9.23. The van der Waals surface area contributed by atoms with Gasteiger partial charge < -0.3 is 15.4 Å². The number of anilines is 2. The van der Waals surface area contributed by atoms with E-state index in [1.165, 1.54) is 6.33 Å². The van der Waals surface area contributed by atoms with Crippen LogP contribution in [0.4, 0.5) is 11.6 Å². The molecule has 170 valence electrons. The monoisotopic (exact) mass is 451 g/mol. The van der Waals surface area contributed by atoms with Gasteiger partial charge in [-0.05, 0) is 48.7 Å². The number of fused-ring (bicyclic) bond motifs is 1. The highest BCUT2D eigenvalue weighted by Gasteiger charge is 2.33. The van der Waals surface area contributed by atoms with Crippen molar-refractivity contribution in [1.82, 2.24) is 14.8 Å². The van der Waals surface area contributed by atoms with Crippen molar-refractivity contribution in [2.75, 3.05) is 10.6 Å². The first-order chi connectivity index (χ1) is 16.6. The van der Waals surface area contributed by atoms with Gasteiger partial charge in [0, 0.05) is 11.4 Å². The Labute approximate surface area is 198 Å². The van der Waals surface area contributed by atoms with Gasteiger partial charge in [0.25, 0.3) is 5.91 Å².